The van der Waals surface area contributed by atoms with Crippen LogP contribution < -0.4 is 30.9 Å². The van der Waals surface area contributed by atoms with Crippen molar-refractivity contribution in [1.82, 2.24) is 9.13 Å². The summed E-state index contributed by atoms with van der Waals surface area (Å²) >= 11 is 0. The minimum Gasteiger partial charge on any atom is -0.456 e. The van der Waals surface area contributed by atoms with Crippen molar-refractivity contribution in [2.75, 3.05) is 9.80 Å². The number of rotatable bonds is 6. The van der Waals surface area contributed by atoms with Crippen LogP contribution in [0.1, 0.15) is 26.3 Å². The van der Waals surface area contributed by atoms with E-state index in [2.05, 4.69) is 355 Å². The normalized spacial score (nSPS) is 12.9. The summed E-state index contributed by atoms with van der Waals surface area (Å²) in [6.45, 7) is 6.81. The van der Waals surface area contributed by atoms with Gasteiger partial charge in [-0.1, -0.05) is 269 Å². The van der Waals surface area contributed by atoms with Crippen molar-refractivity contribution in [3.8, 4) is 78.5 Å². The molecule has 19 rings (SSSR count). The first kappa shape index (κ1) is 53.9. The Morgan fingerprint density at radius 3 is 1.28 bits per heavy atom. The fourth-order valence-corrected chi connectivity index (χ4v) is 16.0. The van der Waals surface area contributed by atoms with Gasteiger partial charge in [-0.05, 0) is 116 Å². The Morgan fingerprint density at radius 1 is 0.287 bits per heavy atom. The molecule has 3 aliphatic heterocycles. The number of ether oxygens (including phenoxy) is 1. The maximum Gasteiger partial charge on any atom is 0.252 e. The fourth-order valence-electron chi connectivity index (χ4n) is 16.0. The van der Waals surface area contributed by atoms with Gasteiger partial charge in [0.2, 0.25) is 0 Å². The van der Waals surface area contributed by atoms with Gasteiger partial charge in [0.15, 0.2) is 0 Å². The molecule has 3 aliphatic rings. The highest BCUT2D eigenvalue weighted by molar-refractivity contribution is 7.00. The third-order valence-electron chi connectivity index (χ3n) is 20.0. The molecule has 0 amide bonds. The zero-order chi connectivity index (χ0) is 62.3. The number of benzene rings is 14. The van der Waals surface area contributed by atoms with E-state index < -0.39 is 0 Å². The van der Waals surface area contributed by atoms with Crippen LogP contribution in [-0.2, 0) is 5.41 Å². The van der Waals surface area contributed by atoms with Gasteiger partial charge in [0.05, 0.1) is 39.1 Å². The molecule has 442 valence electrons. The van der Waals surface area contributed by atoms with Gasteiger partial charge in [0.1, 0.15) is 11.5 Å². The van der Waals surface area contributed by atoms with E-state index in [1.807, 2.05) is 0 Å². The molecule has 0 spiro atoms. The predicted molar refractivity (Wildman–Crippen MR) is 395 cm³/mol. The first-order valence-electron chi connectivity index (χ1n) is 32.7. The topological polar surface area (TPSA) is 25.6 Å². The van der Waals surface area contributed by atoms with Crippen LogP contribution in [0.25, 0.3) is 111 Å². The predicted octanol–water partition coefficient (Wildman–Crippen LogP) is 21.7. The van der Waals surface area contributed by atoms with E-state index in [1.165, 1.54) is 43.5 Å². The average molecular weight is 1200 g/mol. The molecule has 0 aliphatic carbocycles. The van der Waals surface area contributed by atoms with Gasteiger partial charge in [-0.25, -0.2) is 0 Å². The quantitative estimate of drug-likeness (QED) is 0.155. The summed E-state index contributed by atoms with van der Waals surface area (Å²) in [4.78, 5) is 5.41. The smallest absolute Gasteiger partial charge is 0.252 e. The van der Waals surface area contributed by atoms with E-state index in [9.17, 15) is 0 Å². The molecule has 5 heterocycles. The number of fused-ring (bicyclic) bond motifs is 16. The van der Waals surface area contributed by atoms with Crippen LogP contribution in [0.5, 0.6) is 11.5 Å². The third kappa shape index (κ3) is 8.09. The maximum absolute atomic E-state index is 7.43. The van der Waals surface area contributed by atoms with Crippen LogP contribution in [0.3, 0.4) is 0 Å². The third-order valence-corrected chi connectivity index (χ3v) is 20.0. The van der Waals surface area contributed by atoms with E-state index in [-0.39, 0.29) is 12.1 Å². The van der Waals surface area contributed by atoms with Gasteiger partial charge in [-0.3, -0.25) is 0 Å². The van der Waals surface area contributed by atoms with E-state index in [4.69, 9.17) is 4.74 Å². The molecule has 16 aromatic rings. The molecule has 5 nitrogen and oxygen atoms in total. The van der Waals surface area contributed by atoms with E-state index in [0.29, 0.717) is 0 Å². The Bertz CT molecular complexity index is 5620. The lowest BCUT2D eigenvalue weighted by Gasteiger charge is -2.47. The lowest BCUT2D eigenvalue weighted by molar-refractivity contribution is 0.486. The van der Waals surface area contributed by atoms with Crippen molar-refractivity contribution in [3.63, 3.8) is 0 Å². The second-order valence-electron chi connectivity index (χ2n) is 26.3. The molecule has 6 heteroatoms. The van der Waals surface area contributed by atoms with Gasteiger partial charge in [0, 0.05) is 83.4 Å². The number of para-hydroxylation sites is 8. The van der Waals surface area contributed by atoms with E-state index >= 15 is 0 Å². The Hall–Kier alpha value is -11.9. The number of hydrogen-bond acceptors (Lipinski definition) is 3. The van der Waals surface area contributed by atoms with Crippen molar-refractivity contribution >= 4 is 101 Å². The molecule has 14 aromatic carbocycles. The van der Waals surface area contributed by atoms with Gasteiger partial charge in [0.25, 0.3) is 6.71 Å². The number of anilines is 6. The lowest BCUT2D eigenvalue weighted by atomic mass is 9.33. The summed E-state index contributed by atoms with van der Waals surface area (Å²) in [7, 11) is 0. The molecule has 0 atom stereocenters. The summed E-state index contributed by atoms with van der Waals surface area (Å²) in [5, 5.41) is 4.84. The summed E-state index contributed by atoms with van der Waals surface area (Å²) < 4.78 is 12.4. The van der Waals surface area contributed by atoms with Gasteiger partial charge < -0.3 is 23.7 Å². The van der Waals surface area contributed by atoms with E-state index in [1.54, 1.807) is 0 Å². The second kappa shape index (κ2) is 20.8. The Kier molecular flexibility index (Phi) is 12.0. The molecule has 94 heavy (non-hydrogen) atoms. The number of nitrogens with zero attached hydrogens (tertiary/aromatic N) is 4. The van der Waals surface area contributed by atoms with Crippen LogP contribution in [0.4, 0.5) is 34.1 Å². The summed E-state index contributed by atoms with van der Waals surface area (Å²) in [6.07, 6.45) is 0. The van der Waals surface area contributed by atoms with Crippen LogP contribution in [0.2, 0.25) is 0 Å². The Balaban J connectivity index is 1.05. The van der Waals surface area contributed by atoms with Crippen LogP contribution in [0, 0.1) is 0 Å². The number of aromatic nitrogens is 2. The number of hydrogen-bond donors (Lipinski definition) is 0. The van der Waals surface area contributed by atoms with Crippen LogP contribution >= 0.6 is 0 Å². The van der Waals surface area contributed by atoms with Gasteiger partial charge >= 0.3 is 0 Å². The zero-order valence-electron chi connectivity index (χ0n) is 52.3. The Labute approximate surface area is 547 Å². The van der Waals surface area contributed by atoms with Crippen molar-refractivity contribution in [2.45, 2.75) is 26.2 Å². The molecule has 0 saturated heterocycles. The highest BCUT2D eigenvalue weighted by Gasteiger charge is 2.48. The van der Waals surface area contributed by atoms with Crippen molar-refractivity contribution in [2.24, 2.45) is 0 Å². The molecule has 0 N–H and O–H groups in total. The minimum absolute atomic E-state index is 0.304. The standard InChI is InChI=1S/C88H61BN4O/c1-88(2,3)72-42-26-41-70-68-37-17-23-47-82(68)94-83-48-24-18-38-69(83)71-51-59(56-27-7-4-8-28-56)52-74-87(71)93(86(70)72)81-55-61(91-77-45-21-15-35-66(77)67-36-16-22-46-78(67)91)54-80-84(81)89(74)73-50-49-60(90-75-43-19-13-33-64(75)65-34-14-20-44-76(65)90)53-79(73)92(80)85-62(57-29-9-5-10-30-57)39-25-40-63(85)58-31-11-6-12-32-58/h4-55H,1-3H3. The highest BCUT2D eigenvalue weighted by atomic mass is 16.5. The van der Waals surface area contributed by atoms with Crippen molar-refractivity contribution in [3.05, 3.63) is 321 Å². The first-order valence-corrected chi connectivity index (χ1v) is 32.7. The van der Waals surface area contributed by atoms with Crippen LogP contribution in [-0.4, -0.2) is 15.8 Å². The molecule has 0 unspecified atom stereocenters. The minimum atomic E-state index is -0.337. The molecule has 0 bridgehead atoms. The van der Waals surface area contributed by atoms with Gasteiger partial charge in [-0.15, -0.1) is 0 Å². The summed E-state index contributed by atoms with van der Waals surface area (Å²) in [6, 6.07) is 117. The van der Waals surface area contributed by atoms with E-state index in [0.717, 1.165) is 135 Å². The first-order chi connectivity index (χ1) is 46.3. The summed E-state index contributed by atoms with van der Waals surface area (Å²) in [5.74, 6) is 1.59. The maximum atomic E-state index is 7.43. The fraction of sp³-hybridized carbons (Fsp3) is 0.0455. The van der Waals surface area contributed by atoms with Crippen molar-refractivity contribution < 1.29 is 4.74 Å². The average Bonchev–Trinajstić information content (AvgIpc) is 0.697. The summed E-state index contributed by atoms with van der Waals surface area (Å²) in [5.41, 5.74) is 28.9. The highest BCUT2D eigenvalue weighted by Crippen LogP contribution is 2.57. The molecule has 0 radical (unpaired) electrons. The molecule has 0 fully saturated rings. The monoisotopic (exact) mass is 1200 g/mol. The second-order valence-corrected chi connectivity index (χ2v) is 26.3. The lowest BCUT2D eigenvalue weighted by Crippen LogP contribution is -2.61. The zero-order valence-corrected chi connectivity index (χ0v) is 52.3. The molecular formula is C88H61BN4O. The largest absolute Gasteiger partial charge is 0.456 e. The van der Waals surface area contributed by atoms with Crippen molar-refractivity contribution in [1.29, 1.82) is 0 Å². The SMILES string of the molecule is CC(C)(C)c1cccc2c1N1c3cc(-n4c5ccccc5c5ccccc54)cc4c3B(c3ccc(-n5c6ccccc6c6ccccc65)cc3N4c3c(-c4ccccc4)cccc3-c3ccccc3)c3cc(-c4ccccc4)cc(c31)-c1ccccc1Oc1ccccc1-2. The molecular weight excluding hydrogens is 1140 g/mol. The molecule has 0 saturated carbocycles. The van der Waals surface area contributed by atoms with Crippen LogP contribution in [0.15, 0.2) is 315 Å². The van der Waals surface area contributed by atoms with Gasteiger partial charge in [-0.2, -0.15) is 0 Å². The molecule has 2 aromatic heterocycles. The Morgan fingerprint density at radius 2 is 0.723 bits per heavy atom.